The number of hydrogen-bond donors (Lipinski definition) is 0. The topological polar surface area (TPSA) is 9.23 Å². The minimum Gasteiger partial charge on any atom is -0.410 e. The van der Waals surface area contributed by atoms with E-state index in [-0.39, 0.29) is 6.10 Å². The molecular formula is C15H29IOSi2. The van der Waals surface area contributed by atoms with Gasteiger partial charge in [-0.3, -0.25) is 0 Å². The van der Waals surface area contributed by atoms with Crippen molar-refractivity contribution in [2.24, 2.45) is 0 Å². The number of halogens is 1. The fourth-order valence-corrected chi connectivity index (χ4v) is 5.87. The highest BCUT2D eigenvalue weighted by atomic mass is 127. The fraction of sp³-hybridized carbons (Fsp3) is 0.733. The summed E-state index contributed by atoms with van der Waals surface area (Å²) in [5, 5.41) is 0. The van der Waals surface area contributed by atoms with E-state index in [2.05, 4.69) is 84.6 Å². The van der Waals surface area contributed by atoms with E-state index in [9.17, 15) is 0 Å². The average Bonchev–Trinajstić information content (AvgIpc) is 2.34. The summed E-state index contributed by atoms with van der Waals surface area (Å²) in [5.74, 6) is 3.36. The second kappa shape index (κ2) is 9.38. The zero-order chi connectivity index (χ0) is 14.9. The van der Waals surface area contributed by atoms with Crippen LogP contribution in [0.3, 0.4) is 0 Å². The van der Waals surface area contributed by atoms with Crippen LogP contribution in [-0.4, -0.2) is 22.5 Å². The Morgan fingerprint density at radius 3 is 2.00 bits per heavy atom. The molecule has 0 spiro atoms. The molecule has 0 saturated heterocycles. The van der Waals surface area contributed by atoms with E-state index in [0.717, 1.165) is 6.42 Å². The highest BCUT2D eigenvalue weighted by Crippen LogP contribution is 2.24. The molecule has 4 heteroatoms. The summed E-state index contributed by atoms with van der Waals surface area (Å²) in [6, 6.07) is 3.60. The normalized spacial score (nSPS) is 14.3. The van der Waals surface area contributed by atoms with Crippen LogP contribution < -0.4 is 0 Å². The van der Waals surface area contributed by atoms with Gasteiger partial charge < -0.3 is 4.43 Å². The Balaban J connectivity index is 4.77. The number of rotatable bonds is 7. The molecular weight excluding hydrogens is 379 g/mol. The second-order valence-electron chi connectivity index (χ2n) is 5.97. The van der Waals surface area contributed by atoms with Crippen LogP contribution in [0.25, 0.3) is 0 Å². The van der Waals surface area contributed by atoms with Crippen molar-refractivity contribution in [3.05, 3.63) is 10.2 Å². The molecule has 1 nitrogen and oxygen atoms in total. The predicted octanol–water partition coefficient (Wildman–Crippen LogP) is 5.60. The van der Waals surface area contributed by atoms with Gasteiger partial charge in [0.15, 0.2) is 8.32 Å². The third-order valence-corrected chi connectivity index (χ3v) is 9.40. The minimum atomic E-state index is -1.52. The zero-order valence-corrected chi connectivity index (χ0v) is 17.5. The maximum atomic E-state index is 6.50. The van der Waals surface area contributed by atoms with Gasteiger partial charge in [0.1, 0.15) is 8.07 Å². The van der Waals surface area contributed by atoms with E-state index in [1.807, 2.05) is 0 Å². The van der Waals surface area contributed by atoms with Gasteiger partial charge in [0.25, 0.3) is 0 Å². The highest BCUT2D eigenvalue weighted by Gasteiger charge is 2.31. The Bertz CT molecular complexity index is 324. The van der Waals surface area contributed by atoms with Crippen LogP contribution in [0.2, 0.25) is 37.8 Å². The van der Waals surface area contributed by atoms with Crippen LogP contribution >= 0.6 is 22.6 Å². The molecule has 0 rings (SSSR count). The first-order valence-corrected chi connectivity index (χ1v) is 14.5. The molecule has 0 saturated carbocycles. The van der Waals surface area contributed by atoms with Crippen molar-refractivity contribution in [2.45, 2.75) is 71.1 Å². The van der Waals surface area contributed by atoms with Gasteiger partial charge in [-0.05, 0) is 22.2 Å². The average molecular weight is 408 g/mol. The lowest BCUT2D eigenvalue weighted by atomic mass is 10.3. The summed E-state index contributed by atoms with van der Waals surface area (Å²) in [6.07, 6.45) is 3.20. The predicted molar refractivity (Wildman–Crippen MR) is 101 cm³/mol. The Morgan fingerprint density at radius 1 is 1.11 bits per heavy atom. The summed E-state index contributed by atoms with van der Waals surface area (Å²) < 4.78 is 8.57. The lowest BCUT2D eigenvalue weighted by Crippen LogP contribution is -2.39. The lowest BCUT2D eigenvalue weighted by Gasteiger charge is -2.31. The summed E-state index contributed by atoms with van der Waals surface area (Å²) in [6.45, 7) is 13.7. The molecule has 0 aliphatic carbocycles. The molecule has 0 aliphatic rings. The molecule has 0 unspecified atom stereocenters. The van der Waals surface area contributed by atoms with Crippen LogP contribution in [-0.2, 0) is 4.43 Å². The van der Waals surface area contributed by atoms with Crippen LogP contribution in [0.15, 0.2) is 10.2 Å². The van der Waals surface area contributed by atoms with Gasteiger partial charge in [-0.25, -0.2) is 0 Å². The molecule has 1 atom stereocenters. The Morgan fingerprint density at radius 2 is 1.63 bits per heavy atom. The van der Waals surface area contributed by atoms with Crippen LogP contribution in [0.4, 0.5) is 0 Å². The number of hydrogen-bond acceptors (Lipinski definition) is 1. The fourth-order valence-electron chi connectivity index (χ4n) is 1.97. The Labute approximate surface area is 135 Å². The van der Waals surface area contributed by atoms with Crippen molar-refractivity contribution in [3.63, 3.8) is 0 Å². The highest BCUT2D eigenvalue weighted by molar-refractivity contribution is 14.1. The van der Waals surface area contributed by atoms with Gasteiger partial charge in [0, 0.05) is 6.42 Å². The van der Waals surface area contributed by atoms with Crippen molar-refractivity contribution in [2.75, 3.05) is 0 Å². The summed E-state index contributed by atoms with van der Waals surface area (Å²) in [5.41, 5.74) is 3.44. The van der Waals surface area contributed by atoms with Crippen LogP contribution in [0.1, 0.15) is 27.2 Å². The quantitative estimate of drug-likeness (QED) is 0.303. The molecule has 0 radical (unpaired) electrons. The standard InChI is InChI=1S/C15H29IOSi2/c1-7-19(8-2,9-3)17-15(12-13-16)11-10-14-18(4,5)6/h12-13,15H,7-9,11H2,1-6H3/b13-12+/t15-/m0/s1. The van der Waals surface area contributed by atoms with E-state index in [4.69, 9.17) is 4.43 Å². The molecule has 0 aliphatic heterocycles. The van der Waals surface area contributed by atoms with Gasteiger partial charge in [-0.1, -0.05) is 69.1 Å². The molecule has 0 aromatic rings. The van der Waals surface area contributed by atoms with Crippen molar-refractivity contribution in [3.8, 4) is 11.5 Å². The van der Waals surface area contributed by atoms with Gasteiger partial charge in [0.05, 0.1) is 6.10 Å². The van der Waals surface area contributed by atoms with Crippen molar-refractivity contribution in [1.29, 1.82) is 0 Å². The smallest absolute Gasteiger partial charge is 0.192 e. The third kappa shape index (κ3) is 8.33. The maximum Gasteiger partial charge on any atom is 0.192 e. The van der Waals surface area contributed by atoms with Gasteiger partial charge >= 0.3 is 0 Å². The molecule has 0 N–H and O–H groups in total. The van der Waals surface area contributed by atoms with Crippen LogP contribution in [0.5, 0.6) is 0 Å². The van der Waals surface area contributed by atoms with Crippen molar-refractivity contribution in [1.82, 2.24) is 0 Å². The van der Waals surface area contributed by atoms with E-state index in [1.165, 1.54) is 18.1 Å². The van der Waals surface area contributed by atoms with Crippen molar-refractivity contribution >= 4 is 39.0 Å². The monoisotopic (exact) mass is 408 g/mol. The Hall–Kier alpha value is 0.424. The van der Waals surface area contributed by atoms with Crippen LogP contribution in [0, 0.1) is 11.5 Å². The molecule has 0 aromatic heterocycles. The molecule has 0 bridgehead atoms. The second-order valence-corrected chi connectivity index (χ2v) is 16.2. The SMILES string of the molecule is CC[Si](CC)(CC)O[C@H](/C=C/I)CC#C[Si](C)(C)C. The van der Waals surface area contributed by atoms with E-state index in [1.54, 1.807) is 0 Å². The summed E-state index contributed by atoms with van der Waals surface area (Å²) >= 11 is 2.27. The lowest BCUT2D eigenvalue weighted by molar-refractivity contribution is 0.238. The summed E-state index contributed by atoms with van der Waals surface area (Å²) in [4.78, 5) is 0. The van der Waals surface area contributed by atoms with Gasteiger partial charge in [0.2, 0.25) is 0 Å². The van der Waals surface area contributed by atoms with E-state index in [0.29, 0.717) is 0 Å². The van der Waals surface area contributed by atoms with E-state index >= 15 is 0 Å². The minimum absolute atomic E-state index is 0.187. The first-order valence-electron chi connectivity index (χ1n) is 7.27. The largest absolute Gasteiger partial charge is 0.410 e. The summed E-state index contributed by atoms with van der Waals surface area (Å²) in [7, 11) is -2.79. The molecule has 110 valence electrons. The van der Waals surface area contributed by atoms with Gasteiger partial charge in [-0.2, -0.15) is 0 Å². The zero-order valence-electron chi connectivity index (χ0n) is 13.3. The molecule has 19 heavy (non-hydrogen) atoms. The first-order chi connectivity index (χ1) is 8.82. The molecule has 0 amide bonds. The molecule has 0 aromatic carbocycles. The van der Waals surface area contributed by atoms with Crippen molar-refractivity contribution < 1.29 is 4.43 Å². The molecule has 0 heterocycles. The van der Waals surface area contributed by atoms with Gasteiger partial charge in [-0.15, -0.1) is 11.5 Å². The maximum absolute atomic E-state index is 6.50. The third-order valence-electron chi connectivity index (χ3n) is 3.39. The Kier molecular flexibility index (Phi) is 9.59. The first kappa shape index (κ1) is 19.4. The molecule has 0 fully saturated rings. The van der Waals surface area contributed by atoms with E-state index < -0.39 is 16.4 Å².